The number of hydrogen-bond donors (Lipinski definition) is 2. The fraction of sp³-hybridized carbons (Fsp3) is 0.0909. The van der Waals surface area contributed by atoms with Crippen molar-refractivity contribution in [2.24, 2.45) is 0 Å². The lowest BCUT2D eigenvalue weighted by Gasteiger charge is -2.06. The van der Waals surface area contributed by atoms with Gasteiger partial charge in [-0.25, -0.2) is 15.7 Å². The van der Waals surface area contributed by atoms with Gasteiger partial charge in [-0.15, -0.1) is 12.3 Å². The molecule has 0 atom stereocenters. The summed E-state index contributed by atoms with van der Waals surface area (Å²) in [6, 6.07) is 2.18. The van der Waals surface area contributed by atoms with Crippen LogP contribution < -0.4 is 0 Å². The molecule has 1 aromatic carbocycles. The summed E-state index contributed by atoms with van der Waals surface area (Å²) >= 11 is -4.25. The molecular weight excluding hydrogens is 355 g/mol. The van der Waals surface area contributed by atoms with Crippen LogP contribution in [-0.4, -0.2) is 22.2 Å². The third kappa shape index (κ3) is 2.84. The lowest BCUT2D eigenvalue weighted by Crippen LogP contribution is -2.09. The highest BCUT2D eigenvalue weighted by atomic mass is 127. The average molecular weight is 362 g/mol. The summed E-state index contributed by atoms with van der Waals surface area (Å²) in [4.78, 5) is 21.9. The lowest BCUT2D eigenvalue weighted by molar-refractivity contribution is 0.0695. The lowest BCUT2D eigenvalue weighted by atomic mass is 10.0. The van der Waals surface area contributed by atoms with Gasteiger partial charge in [0.2, 0.25) is 0 Å². The van der Waals surface area contributed by atoms with Crippen LogP contribution in [0.25, 0.3) is 0 Å². The van der Waals surface area contributed by atoms with E-state index in [0.717, 1.165) is 12.1 Å². The van der Waals surface area contributed by atoms with Crippen molar-refractivity contribution in [3.05, 3.63) is 32.4 Å². The predicted molar refractivity (Wildman–Crippen MR) is 67.0 cm³/mol. The van der Waals surface area contributed by atoms with Crippen molar-refractivity contribution in [3.63, 3.8) is 0 Å². The van der Waals surface area contributed by atoms with Crippen LogP contribution in [0, 0.1) is 15.9 Å². The number of carbonyl (C=O) groups is 2. The topological polar surface area (TPSA) is 109 Å². The number of hydrogen-bond acceptors (Lipinski definition) is 4. The smallest absolute Gasteiger partial charge is 0.342 e. The molecule has 6 nitrogen and oxygen atoms in total. The van der Waals surface area contributed by atoms with Crippen LogP contribution in [0.15, 0.2) is 12.1 Å². The zero-order valence-electron chi connectivity index (χ0n) is 8.84. The first-order valence-electron chi connectivity index (χ1n) is 4.50. The molecule has 0 aliphatic rings. The van der Waals surface area contributed by atoms with Crippen molar-refractivity contribution < 1.29 is 25.9 Å². The molecule has 0 radical (unpaired) electrons. The summed E-state index contributed by atoms with van der Waals surface area (Å²) in [5.41, 5.74) is -0.820. The van der Waals surface area contributed by atoms with Crippen LogP contribution in [0.1, 0.15) is 26.3 Å². The second-order valence-corrected chi connectivity index (χ2v) is 5.53. The second-order valence-electron chi connectivity index (χ2n) is 3.21. The monoisotopic (exact) mass is 362 g/mol. The molecule has 0 aromatic heterocycles. The first-order valence-corrected chi connectivity index (χ1v) is 7.34. The first kappa shape index (κ1) is 14.1. The van der Waals surface area contributed by atoms with Crippen molar-refractivity contribution in [1.82, 2.24) is 0 Å². The molecule has 0 spiro atoms. The average Bonchev–Trinajstić information content (AvgIpc) is 2.27. The number of rotatable bonds is 4. The van der Waals surface area contributed by atoms with Crippen LogP contribution in [0.4, 0.5) is 0 Å². The molecule has 0 heterocycles. The molecule has 1 rings (SSSR count). The van der Waals surface area contributed by atoms with Gasteiger partial charge in [0.1, 0.15) is 3.57 Å². The Morgan fingerprint density at radius 1 is 1.17 bits per heavy atom. The first-order chi connectivity index (χ1) is 8.38. The van der Waals surface area contributed by atoms with Gasteiger partial charge in [-0.3, -0.25) is 0 Å². The van der Waals surface area contributed by atoms with Crippen LogP contribution in [0.2, 0.25) is 0 Å². The third-order valence-electron chi connectivity index (χ3n) is 2.05. The summed E-state index contributed by atoms with van der Waals surface area (Å²) in [5.74, 6) is -0.764. The van der Waals surface area contributed by atoms with Gasteiger partial charge in [0.15, 0.2) is 0 Å². The maximum Gasteiger partial charge on any atom is 0.342 e. The summed E-state index contributed by atoms with van der Waals surface area (Å²) in [7, 11) is 0. The summed E-state index contributed by atoms with van der Waals surface area (Å²) in [6.45, 7) is 0. The standard InChI is InChI=1S/C11H7IO6/c1-2-3-6-4-7(10(13)14)9(12(17)18)8(5-6)11(15)16/h1,4-5H,3H2,(H,13,14)(H,15,16). The Hall–Kier alpha value is -1.95. The van der Waals surface area contributed by atoms with E-state index in [4.69, 9.17) is 16.6 Å². The van der Waals surface area contributed by atoms with Crippen molar-refractivity contribution in [2.45, 2.75) is 6.42 Å². The molecule has 1 aromatic rings. The highest BCUT2D eigenvalue weighted by molar-refractivity contribution is 14.2. The zero-order chi connectivity index (χ0) is 13.9. The van der Waals surface area contributed by atoms with E-state index in [1.165, 1.54) is 0 Å². The Morgan fingerprint density at radius 3 is 1.89 bits per heavy atom. The van der Waals surface area contributed by atoms with Gasteiger partial charge >= 0.3 is 31.7 Å². The van der Waals surface area contributed by atoms with Crippen LogP contribution in [0.3, 0.4) is 0 Å². The van der Waals surface area contributed by atoms with E-state index in [2.05, 4.69) is 5.92 Å². The van der Waals surface area contributed by atoms with Gasteiger partial charge in [-0.1, -0.05) is 0 Å². The number of halogens is 1. The molecule has 0 bridgehead atoms. The second kappa shape index (κ2) is 5.59. The molecule has 0 aliphatic heterocycles. The van der Waals surface area contributed by atoms with E-state index in [1.807, 2.05) is 0 Å². The van der Waals surface area contributed by atoms with Gasteiger partial charge in [-0.2, -0.15) is 0 Å². The quantitative estimate of drug-likeness (QED) is 0.623. The maximum absolute atomic E-state index is 11.1. The molecule has 0 saturated heterocycles. The Morgan fingerprint density at radius 2 is 1.61 bits per heavy atom. The molecule has 0 amide bonds. The fourth-order valence-corrected chi connectivity index (χ4v) is 3.10. The number of benzene rings is 1. The largest absolute Gasteiger partial charge is 0.478 e. The Labute approximate surface area is 109 Å². The molecule has 0 aliphatic carbocycles. The summed E-state index contributed by atoms with van der Waals surface area (Å²) in [5, 5.41) is 17.8. The summed E-state index contributed by atoms with van der Waals surface area (Å²) < 4.78 is 21.5. The minimum Gasteiger partial charge on any atom is -0.478 e. The van der Waals surface area contributed by atoms with Crippen molar-refractivity contribution in [1.29, 1.82) is 0 Å². The summed E-state index contributed by atoms with van der Waals surface area (Å²) in [6.07, 6.45) is 5.07. The highest BCUT2D eigenvalue weighted by Crippen LogP contribution is 2.28. The number of aromatic carboxylic acids is 2. The van der Waals surface area contributed by atoms with Crippen molar-refractivity contribution in [2.75, 3.05) is 0 Å². The van der Waals surface area contributed by atoms with Crippen molar-refractivity contribution >= 4 is 31.7 Å². The van der Waals surface area contributed by atoms with E-state index in [0.29, 0.717) is 0 Å². The zero-order valence-corrected chi connectivity index (χ0v) is 11.0. The number of carboxylic acids is 2. The van der Waals surface area contributed by atoms with Gasteiger partial charge < -0.3 is 10.2 Å². The molecule has 2 N–H and O–H groups in total. The highest BCUT2D eigenvalue weighted by Gasteiger charge is 2.23. The van der Waals surface area contributed by atoms with Crippen LogP contribution in [0.5, 0.6) is 0 Å². The van der Waals surface area contributed by atoms with E-state index < -0.39 is 46.4 Å². The van der Waals surface area contributed by atoms with E-state index in [9.17, 15) is 15.7 Å². The van der Waals surface area contributed by atoms with Gasteiger partial charge in [-0.05, 0) is 17.7 Å². The van der Waals surface area contributed by atoms with E-state index >= 15 is 0 Å². The minimum absolute atomic E-state index is 0.0206. The Bertz CT molecular complexity index is 592. The van der Waals surface area contributed by atoms with Gasteiger partial charge in [0, 0.05) is 6.42 Å². The predicted octanol–water partition coefficient (Wildman–Crippen LogP) is 1.63. The number of terminal acetylenes is 1. The number of carboxylic acid groups (broad SMARTS) is 2. The minimum atomic E-state index is -4.25. The van der Waals surface area contributed by atoms with Crippen LogP contribution >= 0.6 is 19.8 Å². The molecule has 18 heavy (non-hydrogen) atoms. The van der Waals surface area contributed by atoms with Gasteiger partial charge in [0.05, 0.1) is 11.1 Å². The van der Waals surface area contributed by atoms with E-state index in [-0.39, 0.29) is 12.0 Å². The molecule has 7 heteroatoms. The molecule has 0 saturated carbocycles. The maximum atomic E-state index is 11.1. The van der Waals surface area contributed by atoms with Crippen molar-refractivity contribution in [3.8, 4) is 12.3 Å². The van der Waals surface area contributed by atoms with E-state index in [1.54, 1.807) is 0 Å². The molecule has 0 fully saturated rings. The normalized spacial score (nSPS) is 10.0. The fourth-order valence-electron chi connectivity index (χ4n) is 1.38. The third-order valence-corrected chi connectivity index (χ3v) is 4.10. The Balaban J connectivity index is 3.72. The molecule has 0 unspecified atom stereocenters. The molecular formula is C11H7IO6. The van der Waals surface area contributed by atoms with Crippen LogP contribution in [-0.2, 0) is 12.6 Å². The Kier molecular flexibility index (Phi) is 4.38. The SMILES string of the molecule is C#CCc1cc(C(=O)O)c(I(=O)=O)c(C(=O)O)c1. The van der Waals surface area contributed by atoms with Gasteiger partial charge in [0.25, 0.3) is 0 Å². The molecule has 94 valence electrons.